The lowest BCUT2D eigenvalue weighted by Gasteiger charge is -2.28. The van der Waals surface area contributed by atoms with Crippen molar-refractivity contribution in [3.05, 3.63) is 53.3 Å². The lowest BCUT2D eigenvalue weighted by atomic mass is 9.92. The molecule has 10 nitrogen and oxygen atoms in total. The standard InChI is InChI=1S/C28H34FN7O3/c1-5-25(37)35-14-18(12-20(35)15-39-4)34-28(32-3)26(27(31)38)22(30)10-9-17-11-23-24(13-21(17)29)36(16(2)33-23)19-7-6-8-19/h5,11,13,18-20H,1,6-8,12,14-15,30H2,2-4H3,(H2,31,38)(H,32,34)/b26-22-/t18?,20-/m1/s1. The van der Waals surface area contributed by atoms with E-state index in [0.29, 0.717) is 31.1 Å². The Morgan fingerprint density at radius 1 is 1.36 bits per heavy atom. The van der Waals surface area contributed by atoms with Crippen LogP contribution < -0.4 is 16.8 Å². The largest absolute Gasteiger partial charge is 0.391 e. The molecule has 39 heavy (non-hydrogen) atoms. The first-order valence-corrected chi connectivity index (χ1v) is 12.8. The zero-order valence-corrected chi connectivity index (χ0v) is 22.5. The van der Waals surface area contributed by atoms with E-state index in [1.165, 1.54) is 19.2 Å². The second-order valence-corrected chi connectivity index (χ2v) is 9.79. The van der Waals surface area contributed by atoms with Gasteiger partial charge in [-0.25, -0.2) is 9.37 Å². The van der Waals surface area contributed by atoms with Gasteiger partial charge in [0.15, 0.2) is 0 Å². The third kappa shape index (κ3) is 5.66. The molecule has 0 spiro atoms. The van der Waals surface area contributed by atoms with Gasteiger partial charge in [-0.05, 0) is 50.7 Å². The smallest absolute Gasteiger partial charge is 0.255 e. The average molecular weight is 536 g/mol. The second-order valence-electron chi connectivity index (χ2n) is 9.79. The second kappa shape index (κ2) is 11.7. The van der Waals surface area contributed by atoms with Crippen LogP contribution in [0.5, 0.6) is 0 Å². The highest BCUT2D eigenvalue weighted by Gasteiger charge is 2.35. The number of aryl methyl sites for hydroxylation is 1. The molecule has 11 heteroatoms. The van der Waals surface area contributed by atoms with E-state index in [9.17, 15) is 9.59 Å². The molecule has 2 amide bonds. The van der Waals surface area contributed by atoms with Crippen molar-refractivity contribution in [2.75, 3.05) is 27.3 Å². The Kier molecular flexibility index (Phi) is 8.35. The highest BCUT2D eigenvalue weighted by Crippen LogP contribution is 2.35. The maximum absolute atomic E-state index is 15.1. The fourth-order valence-corrected chi connectivity index (χ4v) is 5.21. The molecule has 1 aliphatic heterocycles. The molecule has 4 rings (SSSR count). The maximum Gasteiger partial charge on any atom is 0.255 e. The number of amidine groups is 1. The lowest BCUT2D eigenvalue weighted by Crippen LogP contribution is -2.42. The van der Waals surface area contributed by atoms with E-state index >= 15 is 4.39 Å². The van der Waals surface area contributed by atoms with Crippen LogP contribution in [0.15, 0.2) is 41.1 Å². The number of carbonyl (C=O) groups is 2. The quantitative estimate of drug-likeness (QED) is 0.213. The molecule has 2 heterocycles. The van der Waals surface area contributed by atoms with Crippen molar-refractivity contribution < 1.29 is 18.7 Å². The van der Waals surface area contributed by atoms with Crippen LogP contribution in [0.2, 0.25) is 0 Å². The Morgan fingerprint density at radius 2 is 2.10 bits per heavy atom. The number of carbonyl (C=O) groups excluding carboxylic acids is 2. The number of benzene rings is 1. The van der Waals surface area contributed by atoms with Gasteiger partial charge in [-0.2, -0.15) is 0 Å². The van der Waals surface area contributed by atoms with Gasteiger partial charge in [-0.3, -0.25) is 14.6 Å². The van der Waals surface area contributed by atoms with E-state index in [2.05, 4.69) is 38.3 Å². The zero-order valence-electron chi connectivity index (χ0n) is 22.5. The van der Waals surface area contributed by atoms with Crippen LogP contribution in [0.1, 0.15) is 43.1 Å². The molecule has 2 aromatic rings. The summed E-state index contributed by atoms with van der Waals surface area (Å²) in [6.45, 7) is 6.15. The molecule has 0 radical (unpaired) electrons. The molecule has 1 saturated carbocycles. The number of nitrogens with two attached hydrogens (primary N) is 2. The Balaban J connectivity index is 1.60. The summed E-state index contributed by atoms with van der Waals surface area (Å²) in [5.41, 5.74) is 13.0. The Bertz CT molecular complexity index is 1430. The summed E-state index contributed by atoms with van der Waals surface area (Å²) in [6, 6.07) is 2.94. The number of imidazole rings is 1. The predicted molar refractivity (Wildman–Crippen MR) is 147 cm³/mol. The van der Waals surface area contributed by atoms with E-state index in [4.69, 9.17) is 16.2 Å². The third-order valence-electron chi connectivity index (χ3n) is 7.27. The number of allylic oxidation sites excluding steroid dienone is 1. The van der Waals surface area contributed by atoms with E-state index in [1.807, 2.05) is 6.92 Å². The molecule has 2 fully saturated rings. The number of hydrogen-bond acceptors (Lipinski definition) is 6. The summed E-state index contributed by atoms with van der Waals surface area (Å²) in [7, 11) is 3.04. The molecule has 1 aliphatic carbocycles. The molecular formula is C28H34FN7O3. The van der Waals surface area contributed by atoms with Gasteiger partial charge in [-0.15, -0.1) is 0 Å². The van der Waals surface area contributed by atoms with E-state index in [1.54, 1.807) is 18.1 Å². The Labute approximate surface area is 227 Å². The number of ether oxygens (including phenoxy) is 1. The monoisotopic (exact) mass is 535 g/mol. The summed E-state index contributed by atoms with van der Waals surface area (Å²) in [5.74, 6) is 4.79. The number of aromatic nitrogens is 2. The van der Waals surface area contributed by atoms with Crippen molar-refractivity contribution >= 4 is 28.7 Å². The van der Waals surface area contributed by atoms with Gasteiger partial charge in [0, 0.05) is 38.9 Å². The van der Waals surface area contributed by atoms with Crippen LogP contribution in [-0.4, -0.2) is 71.5 Å². The third-order valence-corrected chi connectivity index (χ3v) is 7.27. The zero-order chi connectivity index (χ0) is 28.3. The highest BCUT2D eigenvalue weighted by molar-refractivity contribution is 6.21. The van der Waals surface area contributed by atoms with Crippen LogP contribution in [0.4, 0.5) is 4.39 Å². The minimum Gasteiger partial charge on any atom is -0.391 e. The summed E-state index contributed by atoms with van der Waals surface area (Å²) in [4.78, 5) is 35.1. The highest BCUT2D eigenvalue weighted by atomic mass is 19.1. The average Bonchev–Trinajstić information content (AvgIpc) is 3.40. The van der Waals surface area contributed by atoms with Gasteiger partial charge >= 0.3 is 0 Å². The topological polar surface area (TPSA) is 141 Å². The molecular weight excluding hydrogens is 501 g/mol. The van der Waals surface area contributed by atoms with E-state index < -0.39 is 11.7 Å². The minimum atomic E-state index is -0.842. The van der Waals surface area contributed by atoms with Gasteiger partial charge in [0.2, 0.25) is 5.91 Å². The summed E-state index contributed by atoms with van der Waals surface area (Å²) >= 11 is 0. The molecule has 1 saturated heterocycles. The normalized spacial score (nSPS) is 20.2. The molecule has 2 atom stereocenters. The molecule has 2 aliphatic rings. The van der Waals surface area contributed by atoms with Crippen LogP contribution in [0.3, 0.4) is 0 Å². The number of aliphatic imine (C=N–C) groups is 1. The molecule has 0 bridgehead atoms. The number of likely N-dealkylation sites (tertiary alicyclic amines) is 1. The number of halogens is 1. The van der Waals surface area contributed by atoms with Gasteiger partial charge in [-0.1, -0.05) is 12.5 Å². The van der Waals surface area contributed by atoms with E-state index in [-0.39, 0.29) is 40.7 Å². The fraction of sp³-hybridized carbons (Fsp3) is 0.429. The minimum absolute atomic E-state index is 0.104. The number of nitrogens with one attached hydrogen (secondary N) is 1. The number of rotatable bonds is 7. The van der Waals surface area contributed by atoms with Crippen LogP contribution in [-0.2, 0) is 14.3 Å². The van der Waals surface area contributed by atoms with Crippen molar-refractivity contribution in [2.24, 2.45) is 16.5 Å². The number of methoxy groups -OCH3 is 1. The lowest BCUT2D eigenvalue weighted by molar-refractivity contribution is -0.127. The summed E-state index contributed by atoms with van der Waals surface area (Å²) in [6.07, 6.45) is 5.05. The van der Waals surface area contributed by atoms with Gasteiger partial charge in [0.25, 0.3) is 5.91 Å². The van der Waals surface area contributed by atoms with Gasteiger partial charge < -0.3 is 31.0 Å². The fourth-order valence-electron chi connectivity index (χ4n) is 5.21. The first-order valence-electron chi connectivity index (χ1n) is 12.8. The SMILES string of the molecule is C=CC(=O)N1CC(NC(=NC)/C(C(N)=O)=C(\N)C#Cc2cc3nc(C)n(C4CCC4)c3cc2F)C[C@@H]1COC. The molecule has 1 aromatic heterocycles. The number of primary amides is 1. The summed E-state index contributed by atoms with van der Waals surface area (Å²) < 4.78 is 22.4. The molecule has 1 unspecified atom stereocenters. The van der Waals surface area contributed by atoms with Gasteiger partial charge in [0.1, 0.15) is 23.1 Å². The molecule has 206 valence electrons. The number of fused-ring (bicyclic) bond motifs is 1. The molecule has 1 aromatic carbocycles. The van der Waals surface area contributed by atoms with Crippen molar-refractivity contribution in [3.63, 3.8) is 0 Å². The number of hydrogen-bond donors (Lipinski definition) is 3. The van der Waals surface area contributed by atoms with E-state index in [0.717, 1.165) is 30.6 Å². The van der Waals surface area contributed by atoms with Crippen molar-refractivity contribution in [1.82, 2.24) is 19.8 Å². The first kappa shape index (κ1) is 27.9. The van der Waals surface area contributed by atoms with Crippen molar-refractivity contribution in [2.45, 2.75) is 50.7 Å². The Hall–Kier alpha value is -4.17. The first-order chi connectivity index (χ1) is 18.7. The number of amides is 2. The van der Waals surface area contributed by atoms with Crippen molar-refractivity contribution in [3.8, 4) is 11.8 Å². The van der Waals surface area contributed by atoms with Gasteiger partial charge in [0.05, 0.1) is 34.9 Å². The summed E-state index contributed by atoms with van der Waals surface area (Å²) in [5, 5.41) is 3.16. The number of nitrogens with zero attached hydrogens (tertiary/aromatic N) is 4. The van der Waals surface area contributed by atoms with Crippen LogP contribution in [0, 0.1) is 24.6 Å². The molecule has 5 N–H and O–H groups in total. The Morgan fingerprint density at radius 3 is 2.69 bits per heavy atom. The van der Waals surface area contributed by atoms with Crippen molar-refractivity contribution in [1.29, 1.82) is 0 Å². The van der Waals surface area contributed by atoms with Crippen LogP contribution in [0.25, 0.3) is 11.0 Å². The maximum atomic E-state index is 15.1. The van der Waals surface area contributed by atoms with Crippen LogP contribution >= 0.6 is 0 Å². The predicted octanol–water partition coefficient (Wildman–Crippen LogP) is 1.68.